The van der Waals surface area contributed by atoms with Crippen molar-refractivity contribution in [3.63, 3.8) is 0 Å². The molecule has 0 radical (unpaired) electrons. The number of aromatic hydroxyl groups is 1. The van der Waals surface area contributed by atoms with Gasteiger partial charge in [0.25, 0.3) is 0 Å². The summed E-state index contributed by atoms with van der Waals surface area (Å²) < 4.78 is 0.763. The van der Waals surface area contributed by atoms with Gasteiger partial charge in [-0.05, 0) is 18.6 Å². The second-order valence-corrected chi connectivity index (χ2v) is 3.88. The van der Waals surface area contributed by atoms with Crippen molar-refractivity contribution in [2.24, 2.45) is 5.73 Å². The highest BCUT2D eigenvalue weighted by Crippen LogP contribution is 2.36. The van der Waals surface area contributed by atoms with Gasteiger partial charge in [-0.25, -0.2) is 0 Å². The molecule has 0 aromatic heterocycles. The van der Waals surface area contributed by atoms with Crippen LogP contribution in [0.4, 0.5) is 5.69 Å². The lowest BCUT2D eigenvalue weighted by Crippen LogP contribution is -2.10. The molecule has 76 valence electrons. The van der Waals surface area contributed by atoms with Gasteiger partial charge in [0.05, 0.1) is 5.69 Å². The Balaban J connectivity index is 3.17. The lowest BCUT2D eigenvalue weighted by Gasteiger charge is -2.14. The number of phenols is 1. The Labute approximate surface area is 91.5 Å². The molecule has 0 aliphatic heterocycles. The van der Waals surface area contributed by atoms with Crippen molar-refractivity contribution in [1.29, 1.82) is 0 Å². The zero-order valence-electron chi connectivity index (χ0n) is 7.70. The summed E-state index contributed by atoms with van der Waals surface area (Å²) in [5.41, 5.74) is 12.4. The van der Waals surface area contributed by atoms with Gasteiger partial charge in [-0.3, -0.25) is 0 Å². The van der Waals surface area contributed by atoms with E-state index in [2.05, 4.69) is 22.5 Å². The molecule has 0 aliphatic carbocycles. The minimum Gasteiger partial charge on any atom is -0.505 e. The number of phenolic OH excluding ortho intramolecular Hbond substituents is 1. The molecule has 14 heavy (non-hydrogen) atoms. The molecule has 1 aromatic rings. The van der Waals surface area contributed by atoms with E-state index in [0.29, 0.717) is 17.7 Å². The normalized spacial score (nSPS) is 12.4. The molecule has 0 unspecified atom stereocenters. The average Bonchev–Trinajstić information content (AvgIpc) is 2.13. The fourth-order valence-corrected chi connectivity index (χ4v) is 1.86. The van der Waals surface area contributed by atoms with Crippen LogP contribution in [-0.2, 0) is 0 Å². The molecule has 0 spiro atoms. The van der Waals surface area contributed by atoms with E-state index >= 15 is 0 Å². The van der Waals surface area contributed by atoms with Crippen molar-refractivity contribution in [3.8, 4) is 5.75 Å². The number of rotatable bonds is 3. The molecule has 0 aliphatic rings. The maximum atomic E-state index is 9.71. The summed E-state index contributed by atoms with van der Waals surface area (Å²) in [5, 5.41) is 9.71. The molecule has 0 heterocycles. The van der Waals surface area contributed by atoms with Crippen molar-refractivity contribution in [3.05, 3.63) is 34.8 Å². The van der Waals surface area contributed by atoms with Crippen molar-refractivity contribution >= 4 is 21.6 Å². The third-order valence-electron chi connectivity index (χ3n) is 1.99. The predicted octanol–water partition coefficient (Wildman–Crippen LogP) is 2.31. The van der Waals surface area contributed by atoms with E-state index in [-0.39, 0.29) is 11.8 Å². The Kier molecular flexibility index (Phi) is 3.55. The Morgan fingerprint density at radius 3 is 2.79 bits per heavy atom. The van der Waals surface area contributed by atoms with Gasteiger partial charge in [0.15, 0.2) is 0 Å². The summed E-state index contributed by atoms with van der Waals surface area (Å²) in [6, 6.07) is 3.11. The van der Waals surface area contributed by atoms with Gasteiger partial charge >= 0.3 is 0 Å². The van der Waals surface area contributed by atoms with Crippen LogP contribution in [0.1, 0.15) is 18.0 Å². The lowest BCUT2D eigenvalue weighted by molar-refractivity contribution is 0.463. The quantitative estimate of drug-likeness (QED) is 0.442. The number of halogens is 1. The number of nitrogen functional groups attached to an aromatic ring is 1. The first kappa shape index (κ1) is 11.1. The first-order chi connectivity index (χ1) is 6.57. The van der Waals surface area contributed by atoms with E-state index in [4.69, 9.17) is 11.5 Å². The fourth-order valence-electron chi connectivity index (χ4n) is 1.25. The Morgan fingerprint density at radius 2 is 2.21 bits per heavy atom. The maximum absolute atomic E-state index is 9.71. The molecule has 0 saturated heterocycles. The second kappa shape index (κ2) is 4.48. The zero-order valence-corrected chi connectivity index (χ0v) is 9.29. The second-order valence-electron chi connectivity index (χ2n) is 3.03. The van der Waals surface area contributed by atoms with Gasteiger partial charge in [-0.2, -0.15) is 0 Å². The highest BCUT2D eigenvalue weighted by Gasteiger charge is 2.15. The fraction of sp³-hybridized carbons (Fsp3) is 0.200. The standard InChI is InChI=1S/C10H13BrN2O/c1-2-3-7(12)9-6(11)4-5-8(13)10(9)14/h2,4-5,7,14H,1,3,12-13H2/t7-/m1/s1. The van der Waals surface area contributed by atoms with Crippen LogP contribution < -0.4 is 11.5 Å². The van der Waals surface area contributed by atoms with E-state index < -0.39 is 0 Å². The first-order valence-corrected chi connectivity index (χ1v) is 5.00. The van der Waals surface area contributed by atoms with Gasteiger partial charge < -0.3 is 16.6 Å². The summed E-state index contributed by atoms with van der Waals surface area (Å²) in [7, 11) is 0. The molecule has 1 rings (SSSR count). The highest BCUT2D eigenvalue weighted by molar-refractivity contribution is 9.10. The Morgan fingerprint density at radius 1 is 1.57 bits per heavy atom. The van der Waals surface area contributed by atoms with E-state index in [1.54, 1.807) is 18.2 Å². The average molecular weight is 257 g/mol. The molecule has 3 nitrogen and oxygen atoms in total. The molecular formula is C10H13BrN2O. The number of benzene rings is 1. The number of anilines is 1. The van der Waals surface area contributed by atoms with Crippen LogP contribution >= 0.6 is 15.9 Å². The zero-order chi connectivity index (χ0) is 10.7. The van der Waals surface area contributed by atoms with E-state index in [9.17, 15) is 5.11 Å². The molecule has 0 saturated carbocycles. The summed E-state index contributed by atoms with van der Waals surface area (Å²) in [6.45, 7) is 3.60. The van der Waals surface area contributed by atoms with Crippen LogP contribution in [0.3, 0.4) is 0 Å². The molecular weight excluding hydrogens is 244 g/mol. The van der Waals surface area contributed by atoms with Crippen LogP contribution in [0.5, 0.6) is 5.75 Å². The van der Waals surface area contributed by atoms with Gasteiger partial charge in [-0.1, -0.05) is 22.0 Å². The van der Waals surface area contributed by atoms with Gasteiger partial charge in [0.2, 0.25) is 0 Å². The minimum absolute atomic E-state index is 0.0497. The molecule has 0 fully saturated rings. The molecule has 1 aromatic carbocycles. The van der Waals surface area contributed by atoms with Crippen LogP contribution in [0.2, 0.25) is 0 Å². The van der Waals surface area contributed by atoms with Crippen LogP contribution in [0.15, 0.2) is 29.3 Å². The summed E-state index contributed by atoms with van der Waals surface area (Å²) in [6.07, 6.45) is 2.30. The summed E-state index contributed by atoms with van der Waals surface area (Å²) in [5.74, 6) is 0.0497. The molecule has 0 bridgehead atoms. The molecule has 5 N–H and O–H groups in total. The van der Waals surface area contributed by atoms with E-state index in [1.807, 2.05) is 0 Å². The first-order valence-electron chi connectivity index (χ1n) is 4.21. The topological polar surface area (TPSA) is 72.3 Å². The summed E-state index contributed by atoms with van der Waals surface area (Å²) >= 11 is 3.32. The van der Waals surface area contributed by atoms with E-state index in [1.165, 1.54) is 0 Å². The maximum Gasteiger partial charge on any atom is 0.144 e. The Hall–Kier alpha value is -1.00. The highest BCUT2D eigenvalue weighted by atomic mass is 79.9. The number of hydrogen-bond donors (Lipinski definition) is 3. The largest absolute Gasteiger partial charge is 0.505 e. The number of nitrogens with two attached hydrogens (primary N) is 2. The van der Waals surface area contributed by atoms with Crippen molar-refractivity contribution in [2.45, 2.75) is 12.5 Å². The van der Waals surface area contributed by atoms with Crippen LogP contribution in [0, 0.1) is 0 Å². The lowest BCUT2D eigenvalue weighted by atomic mass is 10.0. The van der Waals surface area contributed by atoms with Crippen molar-refractivity contribution in [2.75, 3.05) is 5.73 Å². The minimum atomic E-state index is -0.287. The van der Waals surface area contributed by atoms with Crippen LogP contribution in [0.25, 0.3) is 0 Å². The third-order valence-corrected chi connectivity index (χ3v) is 2.68. The van der Waals surface area contributed by atoms with Gasteiger partial charge in [0.1, 0.15) is 5.75 Å². The van der Waals surface area contributed by atoms with E-state index in [0.717, 1.165) is 4.47 Å². The smallest absolute Gasteiger partial charge is 0.144 e. The van der Waals surface area contributed by atoms with Gasteiger partial charge in [0, 0.05) is 16.1 Å². The van der Waals surface area contributed by atoms with Gasteiger partial charge in [-0.15, -0.1) is 6.58 Å². The van der Waals surface area contributed by atoms with Crippen molar-refractivity contribution in [1.82, 2.24) is 0 Å². The molecule has 0 amide bonds. The summed E-state index contributed by atoms with van der Waals surface area (Å²) in [4.78, 5) is 0. The van der Waals surface area contributed by atoms with Crippen LogP contribution in [-0.4, -0.2) is 5.11 Å². The Bertz CT molecular complexity index is 352. The SMILES string of the molecule is C=CC[C@@H](N)c1c(Br)ccc(N)c1O. The number of hydrogen-bond acceptors (Lipinski definition) is 3. The van der Waals surface area contributed by atoms with Crippen molar-refractivity contribution < 1.29 is 5.11 Å². The molecule has 1 atom stereocenters. The third kappa shape index (κ3) is 2.08. The monoisotopic (exact) mass is 256 g/mol. The predicted molar refractivity (Wildman–Crippen MR) is 62.0 cm³/mol. The molecule has 4 heteroatoms.